The molecular weight excluding hydrogens is 312 g/mol. The van der Waals surface area contributed by atoms with Crippen LogP contribution in [0, 0.1) is 0 Å². The Bertz CT molecular complexity index is 666. The van der Waals surface area contributed by atoms with Crippen molar-refractivity contribution in [2.45, 2.75) is 13.0 Å². The summed E-state index contributed by atoms with van der Waals surface area (Å²) >= 11 is 5.82. The maximum absolute atomic E-state index is 11.9. The maximum atomic E-state index is 11.9. The van der Waals surface area contributed by atoms with Crippen LogP contribution in [0.2, 0.25) is 5.02 Å². The van der Waals surface area contributed by atoms with Gasteiger partial charge >= 0.3 is 6.03 Å². The smallest absolute Gasteiger partial charge is 0.319 e. The van der Waals surface area contributed by atoms with Gasteiger partial charge in [-0.05, 0) is 48.4 Å². The highest BCUT2D eigenvalue weighted by atomic mass is 35.5. The Hall–Kier alpha value is -2.46. The molecule has 2 amide bonds. The Balaban J connectivity index is 1.84. The van der Waals surface area contributed by atoms with Crippen molar-refractivity contribution in [1.82, 2.24) is 10.6 Å². The minimum atomic E-state index is -0.265. The van der Waals surface area contributed by atoms with E-state index in [-0.39, 0.29) is 12.1 Å². The van der Waals surface area contributed by atoms with Crippen LogP contribution in [0.4, 0.5) is 4.79 Å². The van der Waals surface area contributed by atoms with Crippen molar-refractivity contribution in [3.8, 4) is 5.75 Å². The summed E-state index contributed by atoms with van der Waals surface area (Å²) in [6, 6.07) is 14.6. The van der Waals surface area contributed by atoms with Gasteiger partial charge in [-0.1, -0.05) is 35.9 Å². The molecule has 0 aliphatic heterocycles. The van der Waals surface area contributed by atoms with Crippen LogP contribution in [-0.2, 0) is 0 Å². The second kappa shape index (κ2) is 8.25. The predicted octanol–water partition coefficient (Wildman–Crippen LogP) is 4.38. The monoisotopic (exact) mass is 330 g/mol. The van der Waals surface area contributed by atoms with Crippen LogP contribution in [0.25, 0.3) is 6.08 Å². The topological polar surface area (TPSA) is 50.4 Å². The molecule has 1 unspecified atom stereocenters. The first-order valence-electron chi connectivity index (χ1n) is 7.21. The second-order valence-corrected chi connectivity index (χ2v) is 5.43. The SMILES string of the molecule is COc1ccc(C(C)NC(=O)N/C=C/c2ccc(Cl)cc2)cc1. The standard InChI is InChI=1S/C18H19ClN2O2/c1-13(15-5-9-17(23-2)10-6-15)21-18(22)20-12-11-14-3-7-16(19)8-4-14/h3-13H,1-2H3,(H2,20,21,22)/b12-11+. The number of methoxy groups -OCH3 is 1. The third-order valence-electron chi connectivity index (χ3n) is 3.32. The van der Waals surface area contributed by atoms with Gasteiger partial charge in [0.05, 0.1) is 13.2 Å². The number of urea groups is 1. The number of hydrogen-bond acceptors (Lipinski definition) is 2. The fourth-order valence-electron chi connectivity index (χ4n) is 2.00. The molecule has 2 rings (SSSR count). The van der Waals surface area contributed by atoms with E-state index in [0.717, 1.165) is 16.9 Å². The predicted molar refractivity (Wildman–Crippen MR) is 93.6 cm³/mol. The molecule has 0 radical (unpaired) electrons. The normalized spacial score (nSPS) is 12.0. The lowest BCUT2D eigenvalue weighted by atomic mass is 10.1. The van der Waals surface area contributed by atoms with Crippen molar-refractivity contribution >= 4 is 23.7 Å². The van der Waals surface area contributed by atoms with Gasteiger partial charge in [0.15, 0.2) is 0 Å². The molecule has 0 spiro atoms. The van der Waals surface area contributed by atoms with Crippen LogP contribution in [-0.4, -0.2) is 13.1 Å². The molecule has 0 aliphatic rings. The third kappa shape index (κ3) is 5.34. The first kappa shape index (κ1) is 16.9. The van der Waals surface area contributed by atoms with E-state index >= 15 is 0 Å². The molecule has 5 heteroatoms. The van der Waals surface area contributed by atoms with E-state index < -0.39 is 0 Å². The van der Waals surface area contributed by atoms with E-state index in [2.05, 4.69) is 10.6 Å². The highest BCUT2D eigenvalue weighted by Crippen LogP contribution is 2.17. The molecule has 4 nitrogen and oxygen atoms in total. The van der Waals surface area contributed by atoms with Crippen LogP contribution in [0.3, 0.4) is 0 Å². The highest BCUT2D eigenvalue weighted by Gasteiger charge is 2.08. The van der Waals surface area contributed by atoms with Gasteiger partial charge in [-0.25, -0.2) is 4.79 Å². The van der Waals surface area contributed by atoms with Gasteiger partial charge in [0.2, 0.25) is 0 Å². The van der Waals surface area contributed by atoms with E-state index in [1.54, 1.807) is 31.5 Å². The molecule has 0 saturated carbocycles. The Morgan fingerprint density at radius 3 is 2.39 bits per heavy atom. The first-order chi connectivity index (χ1) is 11.1. The number of carbonyl (C=O) groups is 1. The third-order valence-corrected chi connectivity index (χ3v) is 3.58. The quantitative estimate of drug-likeness (QED) is 0.854. The molecule has 0 heterocycles. The van der Waals surface area contributed by atoms with Gasteiger partial charge in [0, 0.05) is 11.2 Å². The zero-order chi connectivity index (χ0) is 16.7. The Kier molecular flexibility index (Phi) is 6.06. The number of ether oxygens (including phenoxy) is 1. The van der Waals surface area contributed by atoms with Crippen molar-refractivity contribution in [3.63, 3.8) is 0 Å². The zero-order valence-corrected chi connectivity index (χ0v) is 13.8. The lowest BCUT2D eigenvalue weighted by molar-refractivity contribution is 0.241. The molecule has 1 atom stereocenters. The molecular formula is C18H19ClN2O2. The van der Waals surface area contributed by atoms with Gasteiger partial charge in [-0.2, -0.15) is 0 Å². The second-order valence-electron chi connectivity index (χ2n) is 5.00. The van der Waals surface area contributed by atoms with Crippen LogP contribution in [0.1, 0.15) is 24.1 Å². The average Bonchev–Trinajstić information content (AvgIpc) is 2.56. The molecule has 2 N–H and O–H groups in total. The average molecular weight is 331 g/mol. The minimum absolute atomic E-state index is 0.107. The fraction of sp³-hybridized carbons (Fsp3) is 0.167. The number of benzene rings is 2. The molecule has 0 aliphatic carbocycles. The van der Waals surface area contributed by atoms with Crippen molar-refractivity contribution in [2.24, 2.45) is 0 Å². The molecule has 23 heavy (non-hydrogen) atoms. The number of halogens is 1. The molecule has 2 aromatic carbocycles. The van der Waals surface area contributed by atoms with Crippen molar-refractivity contribution in [3.05, 3.63) is 70.9 Å². The summed E-state index contributed by atoms with van der Waals surface area (Å²) in [4.78, 5) is 11.9. The van der Waals surface area contributed by atoms with E-state index in [1.165, 1.54) is 0 Å². The summed E-state index contributed by atoms with van der Waals surface area (Å²) in [6.45, 7) is 1.92. The number of hydrogen-bond donors (Lipinski definition) is 2. The highest BCUT2D eigenvalue weighted by molar-refractivity contribution is 6.30. The lowest BCUT2D eigenvalue weighted by Crippen LogP contribution is -2.34. The van der Waals surface area contributed by atoms with Crippen LogP contribution in [0.5, 0.6) is 5.75 Å². The summed E-state index contributed by atoms with van der Waals surface area (Å²) in [5.41, 5.74) is 1.96. The van der Waals surface area contributed by atoms with Gasteiger partial charge in [-0.15, -0.1) is 0 Å². The first-order valence-corrected chi connectivity index (χ1v) is 7.59. The van der Waals surface area contributed by atoms with Crippen LogP contribution >= 0.6 is 11.6 Å². The van der Waals surface area contributed by atoms with Crippen LogP contribution < -0.4 is 15.4 Å². The zero-order valence-electron chi connectivity index (χ0n) is 13.0. The Morgan fingerprint density at radius 2 is 1.78 bits per heavy atom. The van der Waals surface area contributed by atoms with Crippen molar-refractivity contribution in [2.75, 3.05) is 7.11 Å². The minimum Gasteiger partial charge on any atom is -0.497 e. The number of carbonyl (C=O) groups excluding carboxylic acids is 1. The summed E-state index contributed by atoms with van der Waals surface area (Å²) in [6.07, 6.45) is 3.40. The largest absolute Gasteiger partial charge is 0.497 e. The summed E-state index contributed by atoms with van der Waals surface area (Å²) in [7, 11) is 1.62. The maximum Gasteiger partial charge on any atom is 0.319 e. The van der Waals surface area contributed by atoms with E-state index in [9.17, 15) is 4.79 Å². The van der Waals surface area contributed by atoms with E-state index in [0.29, 0.717) is 5.02 Å². The van der Waals surface area contributed by atoms with Gasteiger partial charge in [0.25, 0.3) is 0 Å². The number of amides is 2. The van der Waals surface area contributed by atoms with E-state index in [1.807, 2.05) is 43.3 Å². The fourth-order valence-corrected chi connectivity index (χ4v) is 2.13. The van der Waals surface area contributed by atoms with Crippen LogP contribution in [0.15, 0.2) is 54.7 Å². The Morgan fingerprint density at radius 1 is 1.13 bits per heavy atom. The summed E-state index contributed by atoms with van der Waals surface area (Å²) in [5, 5.41) is 6.23. The van der Waals surface area contributed by atoms with Gasteiger partial charge in [0.1, 0.15) is 5.75 Å². The van der Waals surface area contributed by atoms with Crippen molar-refractivity contribution in [1.29, 1.82) is 0 Å². The van der Waals surface area contributed by atoms with E-state index in [4.69, 9.17) is 16.3 Å². The number of rotatable bonds is 5. The molecule has 0 aromatic heterocycles. The Labute approximate surface area is 141 Å². The summed E-state index contributed by atoms with van der Waals surface area (Å²) < 4.78 is 5.12. The lowest BCUT2D eigenvalue weighted by Gasteiger charge is -2.14. The number of nitrogens with one attached hydrogen (secondary N) is 2. The van der Waals surface area contributed by atoms with Crippen molar-refractivity contribution < 1.29 is 9.53 Å². The molecule has 0 bridgehead atoms. The molecule has 0 fully saturated rings. The molecule has 0 saturated heterocycles. The molecule has 120 valence electrons. The van der Waals surface area contributed by atoms with Gasteiger partial charge in [-0.3, -0.25) is 0 Å². The van der Waals surface area contributed by atoms with Gasteiger partial charge < -0.3 is 15.4 Å². The summed E-state index contributed by atoms with van der Waals surface area (Å²) in [5.74, 6) is 0.788. The molecule has 2 aromatic rings.